The van der Waals surface area contributed by atoms with Crippen LogP contribution in [0.5, 0.6) is 0 Å². The first-order valence-electron chi connectivity index (χ1n) is 4.33. The van der Waals surface area contributed by atoms with Crippen molar-refractivity contribution in [3.63, 3.8) is 0 Å². The zero-order chi connectivity index (χ0) is 9.68. The highest BCUT2D eigenvalue weighted by molar-refractivity contribution is 5.91. The van der Waals surface area contributed by atoms with E-state index >= 15 is 0 Å². The maximum atomic E-state index is 11.2. The van der Waals surface area contributed by atoms with E-state index in [0.29, 0.717) is 11.9 Å². The second-order valence-corrected chi connectivity index (χ2v) is 3.00. The van der Waals surface area contributed by atoms with E-state index in [4.69, 9.17) is 4.84 Å². The largest absolute Gasteiger partial charge is 0.364 e. The molecule has 0 saturated carbocycles. The standard InChI is InChI=1S/C9H13NO3/c1-8(4-7-11)9(12)13-10-5-2-3-6-10/h4,7H,2-3,5-6H2,1H3. The van der Waals surface area contributed by atoms with Crippen molar-refractivity contribution in [2.45, 2.75) is 19.8 Å². The smallest absolute Gasteiger partial charge is 0.352 e. The van der Waals surface area contributed by atoms with Crippen molar-refractivity contribution in [2.75, 3.05) is 13.1 Å². The lowest BCUT2D eigenvalue weighted by atomic mass is 10.3. The molecule has 0 aromatic rings. The van der Waals surface area contributed by atoms with Crippen LogP contribution >= 0.6 is 0 Å². The molecule has 0 bridgehead atoms. The molecule has 0 unspecified atom stereocenters. The molecule has 1 rings (SSSR count). The number of hydrogen-bond donors (Lipinski definition) is 0. The van der Waals surface area contributed by atoms with Crippen LogP contribution in [0.25, 0.3) is 0 Å². The Bertz CT molecular complexity index is 229. The fourth-order valence-corrected chi connectivity index (χ4v) is 1.14. The van der Waals surface area contributed by atoms with Crippen LogP contribution in [0.15, 0.2) is 11.6 Å². The molecule has 1 aliphatic rings. The first-order chi connectivity index (χ1) is 6.24. The van der Waals surface area contributed by atoms with Gasteiger partial charge in [0.15, 0.2) is 0 Å². The summed E-state index contributed by atoms with van der Waals surface area (Å²) < 4.78 is 0. The van der Waals surface area contributed by atoms with Gasteiger partial charge >= 0.3 is 5.97 Å². The first kappa shape index (κ1) is 9.92. The van der Waals surface area contributed by atoms with Crippen LogP contribution in [0, 0.1) is 0 Å². The van der Waals surface area contributed by atoms with Gasteiger partial charge in [-0.25, -0.2) is 4.79 Å². The summed E-state index contributed by atoms with van der Waals surface area (Å²) in [7, 11) is 0. The number of hydroxylamine groups is 2. The zero-order valence-electron chi connectivity index (χ0n) is 7.66. The van der Waals surface area contributed by atoms with Gasteiger partial charge < -0.3 is 4.84 Å². The summed E-state index contributed by atoms with van der Waals surface area (Å²) in [5, 5.41) is 1.63. The van der Waals surface area contributed by atoms with Gasteiger partial charge in [0.2, 0.25) is 0 Å². The van der Waals surface area contributed by atoms with Gasteiger partial charge in [0.1, 0.15) is 6.29 Å². The number of carbonyl (C=O) groups excluding carboxylic acids is 2. The molecular formula is C9H13NO3. The predicted octanol–water partition coefficient (Wildman–Crippen LogP) is 0.686. The SMILES string of the molecule is CC(=CC=O)C(=O)ON1CCCC1. The summed E-state index contributed by atoms with van der Waals surface area (Å²) in [5.74, 6) is -0.436. The van der Waals surface area contributed by atoms with Gasteiger partial charge in [-0.2, -0.15) is 0 Å². The van der Waals surface area contributed by atoms with Crippen LogP contribution in [-0.2, 0) is 14.4 Å². The van der Waals surface area contributed by atoms with Gasteiger partial charge in [-0.15, -0.1) is 5.06 Å². The van der Waals surface area contributed by atoms with E-state index in [1.807, 2.05) is 0 Å². The molecule has 0 spiro atoms. The third-order valence-electron chi connectivity index (χ3n) is 1.92. The molecule has 0 aromatic heterocycles. The fraction of sp³-hybridized carbons (Fsp3) is 0.556. The van der Waals surface area contributed by atoms with E-state index < -0.39 is 5.97 Å². The summed E-state index contributed by atoms with van der Waals surface area (Å²) in [4.78, 5) is 26.2. The van der Waals surface area contributed by atoms with Gasteiger partial charge in [-0.1, -0.05) is 0 Å². The molecule has 0 radical (unpaired) electrons. The summed E-state index contributed by atoms with van der Waals surface area (Å²) in [6, 6.07) is 0. The van der Waals surface area contributed by atoms with Crippen LogP contribution in [0.2, 0.25) is 0 Å². The van der Waals surface area contributed by atoms with Crippen molar-refractivity contribution < 1.29 is 14.4 Å². The average Bonchev–Trinajstić information content (AvgIpc) is 2.57. The number of carbonyl (C=O) groups is 2. The summed E-state index contributed by atoms with van der Waals surface area (Å²) in [6.45, 7) is 3.15. The lowest BCUT2D eigenvalue weighted by molar-refractivity contribution is -0.180. The van der Waals surface area contributed by atoms with Crippen molar-refractivity contribution in [1.29, 1.82) is 0 Å². The van der Waals surface area contributed by atoms with Gasteiger partial charge in [-0.05, 0) is 25.8 Å². The van der Waals surface area contributed by atoms with Gasteiger partial charge in [0.25, 0.3) is 0 Å². The van der Waals surface area contributed by atoms with Gasteiger partial charge in [-0.3, -0.25) is 4.79 Å². The van der Waals surface area contributed by atoms with Crippen molar-refractivity contribution in [3.8, 4) is 0 Å². The molecule has 13 heavy (non-hydrogen) atoms. The van der Waals surface area contributed by atoms with E-state index in [0.717, 1.165) is 25.9 Å². The quantitative estimate of drug-likeness (QED) is 0.477. The van der Waals surface area contributed by atoms with E-state index in [1.165, 1.54) is 6.08 Å². The highest BCUT2D eigenvalue weighted by Gasteiger charge is 2.16. The Morgan fingerprint density at radius 2 is 2.00 bits per heavy atom. The molecule has 1 fully saturated rings. The molecular weight excluding hydrogens is 170 g/mol. The molecule has 1 heterocycles. The summed E-state index contributed by atoms with van der Waals surface area (Å²) in [6.07, 6.45) is 3.91. The fourth-order valence-electron chi connectivity index (χ4n) is 1.14. The minimum Gasteiger partial charge on any atom is -0.364 e. The average molecular weight is 183 g/mol. The maximum absolute atomic E-state index is 11.2. The monoisotopic (exact) mass is 183 g/mol. The van der Waals surface area contributed by atoms with Gasteiger partial charge in [0, 0.05) is 18.7 Å². The van der Waals surface area contributed by atoms with Crippen molar-refractivity contribution in [1.82, 2.24) is 5.06 Å². The second-order valence-electron chi connectivity index (χ2n) is 3.00. The Labute approximate surface area is 77.1 Å². The Morgan fingerprint density at radius 3 is 2.54 bits per heavy atom. The first-order valence-corrected chi connectivity index (χ1v) is 4.33. The Kier molecular flexibility index (Phi) is 3.64. The number of allylic oxidation sites excluding steroid dienone is 1. The summed E-state index contributed by atoms with van der Waals surface area (Å²) in [5.41, 5.74) is 0.335. The van der Waals surface area contributed by atoms with E-state index in [2.05, 4.69) is 0 Å². The minimum atomic E-state index is -0.436. The zero-order valence-corrected chi connectivity index (χ0v) is 7.66. The highest BCUT2D eigenvalue weighted by atomic mass is 16.7. The lowest BCUT2D eigenvalue weighted by Crippen LogP contribution is -2.24. The van der Waals surface area contributed by atoms with Crippen molar-refractivity contribution in [2.24, 2.45) is 0 Å². The van der Waals surface area contributed by atoms with Crippen molar-refractivity contribution >= 4 is 12.3 Å². The molecule has 4 heteroatoms. The van der Waals surface area contributed by atoms with Crippen LogP contribution in [-0.4, -0.2) is 30.4 Å². The number of rotatable bonds is 3. The Morgan fingerprint density at radius 1 is 1.38 bits per heavy atom. The topological polar surface area (TPSA) is 46.6 Å². The second kappa shape index (κ2) is 4.77. The lowest BCUT2D eigenvalue weighted by Gasteiger charge is -2.13. The molecule has 0 amide bonds. The van der Waals surface area contributed by atoms with E-state index in [9.17, 15) is 9.59 Å². The van der Waals surface area contributed by atoms with Crippen LogP contribution in [0.3, 0.4) is 0 Å². The van der Waals surface area contributed by atoms with Crippen LogP contribution in [0.1, 0.15) is 19.8 Å². The third kappa shape index (κ3) is 2.99. The number of nitrogens with zero attached hydrogens (tertiary/aromatic N) is 1. The summed E-state index contributed by atoms with van der Waals surface area (Å²) >= 11 is 0. The van der Waals surface area contributed by atoms with E-state index in [-0.39, 0.29) is 0 Å². The van der Waals surface area contributed by atoms with E-state index in [1.54, 1.807) is 12.0 Å². The predicted molar refractivity (Wildman–Crippen MR) is 46.7 cm³/mol. The number of aldehydes is 1. The normalized spacial score (nSPS) is 18.7. The number of hydrogen-bond acceptors (Lipinski definition) is 4. The molecule has 0 aliphatic carbocycles. The molecule has 72 valence electrons. The molecule has 0 atom stereocenters. The third-order valence-corrected chi connectivity index (χ3v) is 1.92. The molecule has 0 aromatic carbocycles. The molecule has 4 nitrogen and oxygen atoms in total. The van der Waals surface area contributed by atoms with Gasteiger partial charge in [0.05, 0.1) is 0 Å². The Hall–Kier alpha value is -1.16. The van der Waals surface area contributed by atoms with Crippen LogP contribution < -0.4 is 0 Å². The maximum Gasteiger partial charge on any atom is 0.352 e. The molecule has 1 aliphatic heterocycles. The van der Waals surface area contributed by atoms with Crippen LogP contribution in [0.4, 0.5) is 0 Å². The highest BCUT2D eigenvalue weighted by Crippen LogP contribution is 2.09. The minimum absolute atomic E-state index is 0.335. The molecule has 0 N–H and O–H groups in total. The molecule has 1 saturated heterocycles. The van der Waals surface area contributed by atoms with Crippen molar-refractivity contribution in [3.05, 3.63) is 11.6 Å². The Balaban J connectivity index is 2.39.